The van der Waals surface area contributed by atoms with Crippen LogP contribution >= 0.6 is 0 Å². The van der Waals surface area contributed by atoms with Crippen molar-refractivity contribution in [2.45, 2.75) is 18.8 Å². The van der Waals surface area contributed by atoms with Gasteiger partial charge in [-0.25, -0.2) is 13.9 Å². The van der Waals surface area contributed by atoms with Crippen molar-refractivity contribution in [3.05, 3.63) is 77.2 Å². The number of benzene rings is 2. The van der Waals surface area contributed by atoms with E-state index in [-0.39, 0.29) is 11.7 Å². The van der Waals surface area contributed by atoms with Crippen molar-refractivity contribution in [1.82, 2.24) is 14.6 Å². The average Bonchev–Trinajstić information content (AvgIpc) is 3.27. The van der Waals surface area contributed by atoms with E-state index in [1.807, 2.05) is 18.2 Å². The molecule has 0 bridgehead atoms. The molecule has 5 nitrogen and oxygen atoms in total. The minimum atomic E-state index is -1.28. The van der Waals surface area contributed by atoms with Crippen LogP contribution in [0.2, 0.25) is 0 Å². The summed E-state index contributed by atoms with van der Waals surface area (Å²) in [4.78, 5) is 4.05. The molecule has 1 aliphatic carbocycles. The average molecular weight is 378 g/mol. The van der Waals surface area contributed by atoms with Crippen molar-refractivity contribution in [2.24, 2.45) is 0 Å². The highest BCUT2D eigenvalue weighted by Crippen LogP contribution is 2.40. The lowest BCUT2D eigenvalue weighted by Gasteiger charge is -2.09. The van der Waals surface area contributed by atoms with Crippen molar-refractivity contribution in [1.29, 1.82) is 0 Å². The van der Waals surface area contributed by atoms with Gasteiger partial charge in [0.2, 0.25) is 0 Å². The molecule has 7 heteroatoms. The molecule has 0 unspecified atom stereocenters. The quantitative estimate of drug-likeness (QED) is 0.556. The molecular formula is C21H16F2N4O. The zero-order valence-electron chi connectivity index (χ0n) is 14.7. The van der Waals surface area contributed by atoms with Crippen LogP contribution in [0, 0.1) is 11.6 Å². The molecule has 0 fully saturated rings. The van der Waals surface area contributed by atoms with Crippen LogP contribution in [-0.2, 0) is 12.8 Å². The summed E-state index contributed by atoms with van der Waals surface area (Å²) < 4.78 is 29.2. The van der Waals surface area contributed by atoms with Gasteiger partial charge in [0.1, 0.15) is 11.8 Å². The molecule has 28 heavy (non-hydrogen) atoms. The van der Waals surface area contributed by atoms with Crippen LogP contribution in [0.3, 0.4) is 0 Å². The van der Waals surface area contributed by atoms with Gasteiger partial charge in [0.15, 0.2) is 23.2 Å². The monoisotopic (exact) mass is 378 g/mol. The predicted octanol–water partition coefficient (Wildman–Crippen LogP) is 3.84. The second-order valence-corrected chi connectivity index (χ2v) is 7.05. The Morgan fingerprint density at radius 1 is 1.07 bits per heavy atom. The maximum absolute atomic E-state index is 13.9. The van der Waals surface area contributed by atoms with E-state index < -0.39 is 17.4 Å². The fourth-order valence-electron chi connectivity index (χ4n) is 4.10. The lowest BCUT2D eigenvalue weighted by Crippen LogP contribution is -2.06. The molecule has 0 saturated carbocycles. The summed E-state index contributed by atoms with van der Waals surface area (Å²) in [6.07, 6.45) is 3.09. The van der Waals surface area contributed by atoms with E-state index in [4.69, 9.17) is 5.73 Å². The third-order valence-electron chi connectivity index (χ3n) is 5.40. The number of aromatic hydroxyl groups is 1. The number of nitrogen functional groups attached to an aromatic ring is 1. The van der Waals surface area contributed by atoms with Gasteiger partial charge in [-0.15, -0.1) is 0 Å². The van der Waals surface area contributed by atoms with Crippen LogP contribution in [-0.4, -0.2) is 19.7 Å². The van der Waals surface area contributed by atoms with Crippen LogP contribution in [0.15, 0.2) is 48.8 Å². The molecule has 0 saturated heterocycles. The highest BCUT2D eigenvalue weighted by molar-refractivity contribution is 5.88. The Morgan fingerprint density at radius 3 is 2.46 bits per heavy atom. The molecule has 140 valence electrons. The Bertz CT molecular complexity index is 1190. The number of phenols is 1. The Hall–Kier alpha value is -3.48. The van der Waals surface area contributed by atoms with Gasteiger partial charge in [0.25, 0.3) is 0 Å². The minimum Gasteiger partial charge on any atom is -0.505 e. The maximum atomic E-state index is 13.9. The van der Waals surface area contributed by atoms with Crippen molar-refractivity contribution in [2.75, 3.05) is 5.73 Å². The highest BCUT2D eigenvalue weighted by Gasteiger charge is 2.28. The van der Waals surface area contributed by atoms with E-state index in [1.54, 1.807) is 4.52 Å². The van der Waals surface area contributed by atoms with E-state index in [2.05, 4.69) is 22.2 Å². The molecule has 2 aromatic heterocycles. The standard InChI is InChI=1S/C21H16F2N4O/c22-16-7-13(8-18(28)19(16)23)15-9-17(27-20(15)21(24)25-10-26-27)14-5-11-3-1-2-4-12(11)6-14/h1-4,7-10,14,28H,5-6H2,(H2,24,25,26). The lowest BCUT2D eigenvalue weighted by atomic mass is 10.00. The zero-order valence-corrected chi connectivity index (χ0v) is 14.7. The van der Waals surface area contributed by atoms with E-state index in [9.17, 15) is 13.9 Å². The van der Waals surface area contributed by atoms with Crippen LogP contribution in [0.5, 0.6) is 5.75 Å². The first-order chi connectivity index (χ1) is 13.5. The van der Waals surface area contributed by atoms with Crippen LogP contribution in [0.25, 0.3) is 16.6 Å². The van der Waals surface area contributed by atoms with Gasteiger partial charge in [-0.2, -0.15) is 9.49 Å². The topological polar surface area (TPSA) is 76.4 Å². The molecule has 3 N–H and O–H groups in total. The third-order valence-corrected chi connectivity index (χ3v) is 5.40. The lowest BCUT2D eigenvalue weighted by molar-refractivity contribution is 0.407. The number of halogens is 2. The number of hydrogen-bond acceptors (Lipinski definition) is 4. The Labute approximate surface area is 159 Å². The highest BCUT2D eigenvalue weighted by atomic mass is 19.2. The van der Waals surface area contributed by atoms with E-state index in [0.717, 1.165) is 24.6 Å². The molecule has 0 aliphatic heterocycles. The predicted molar refractivity (Wildman–Crippen MR) is 101 cm³/mol. The largest absolute Gasteiger partial charge is 0.505 e. The second kappa shape index (κ2) is 6.02. The number of nitrogens with zero attached hydrogens (tertiary/aromatic N) is 3. The summed E-state index contributed by atoms with van der Waals surface area (Å²) >= 11 is 0. The molecule has 0 atom stereocenters. The Balaban J connectivity index is 1.70. The van der Waals surface area contributed by atoms with Crippen molar-refractivity contribution in [3.63, 3.8) is 0 Å². The first kappa shape index (κ1) is 16.7. The number of hydrogen-bond donors (Lipinski definition) is 2. The Kier molecular flexibility index (Phi) is 3.58. The first-order valence-corrected chi connectivity index (χ1v) is 8.90. The smallest absolute Gasteiger partial charge is 0.200 e. The second-order valence-electron chi connectivity index (χ2n) is 7.05. The van der Waals surface area contributed by atoms with E-state index >= 15 is 0 Å². The molecule has 2 heterocycles. The summed E-state index contributed by atoms with van der Waals surface area (Å²) in [6.45, 7) is 0. The zero-order chi connectivity index (χ0) is 19.4. The van der Waals surface area contributed by atoms with Crippen LogP contribution < -0.4 is 5.73 Å². The molecule has 2 aromatic carbocycles. The number of rotatable bonds is 2. The molecule has 0 amide bonds. The maximum Gasteiger partial charge on any atom is 0.200 e. The number of nitrogens with two attached hydrogens (primary N) is 1. The molecular weight excluding hydrogens is 362 g/mol. The van der Waals surface area contributed by atoms with Gasteiger partial charge in [-0.1, -0.05) is 24.3 Å². The molecule has 0 radical (unpaired) electrons. The molecule has 0 spiro atoms. The Morgan fingerprint density at radius 2 is 1.79 bits per heavy atom. The normalized spacial score (nSPS) is 13.9. The first-order valence-electron chi connectivity index (χ1n) is 8.90. The van der Waals surface area contributed by atoms with Gasteiger partial charge in [0, 0.05) is 17.2 Å². The molecule has 1 aliphatic rings. The minimum absolute atomic E-state index is 0.173. The fraction of sp³-hybridized carbons (Fsp3) is 0.143. The van der Waals surface area contributed by atoms with Gasteiger partial charge in [0.05, 0.1) is 0 Å². The summed E-state index contributed by atoms with van der Waals surface area (Å²) in [5.41, 5.74) is 11.0. The van der Waals surface area contributed by atoms with E-state index in [0.29, 0.717) is 16.6 Å². The third kappa shape index (κ3) is 2.43. The summed E-state index contributed by atoms with van der Waals surface area (Å²) in [5.74, 6) is -2.75. The van der Waals surface area contributed by atoms with Gasteiger partial charge < -0.3 is 10.8 Å². The van der Waals surface area contributed by atoms with Crippen molar-refractivity contribution < 1.29 is 13.9 Å². The summed E-state index contributed by atoms with van der Waals surface area (Å²) in [5, 5.41) is 14.1. The van der Waals surface area contributed by atoms with Gasteiger partial charge in [-0.05, 0) is 47.7 Å². The van der Waals surface area contributed by atoms with Crippen molar-refractivity contribution >= 4 is 11.3 Å². The van der Waals surface area contributed by atoms with Crippen molar-refractivity contribution in [3.8, 4) is 16.9 Å². The number of fused-ring (bicyclic) bond motifs is 2. The van der Waals surface area contributed by atoms with Crippen LogP contribution in [0.1, 0.15) is 22.7 Å². The van der Waals surface area contributed by atoms with Gasteiger partial charge >= 0.3 is 0 Å². The van der Waals surface area contributed by atoms with Gasteiger partial charge in [-0.3, -0.25) is 0 Å². The number of phenolic OH excluding ortho intramolecular Hbond substituents is 1. The fourth-order valence-corrected chi connectivity index (χ4v) is 4.10. The summed E-state index contributed by atoms with van der Waals surface area (Å²) in [6, 6.07) is 12.4. The SMILES string of the molecule is Nc1ncnn2c(C3Cc4ccccc4C3)cc(-c3cc(O)c(F)c(F)c3)c12. The number of aromatic nitrogens is 3. The summed E-state index contributed by atoms with van der Waals surface area (Å²) in [7, 11) is 0. The number of anilines is 1. The van der Waals surface area contributed by atoms with Crippen LogP contribution in [0.4, 0.5) is 14.6 Å². The van der Waals surface area contributed by atoms with E-state index in [1.165, 1.54) is 23.5 Å². The molecule has 4 aromatic rings. The molecule has 5 rings (SSSR count).